The van der Waals surface area contributed by atoms with Gasteiger partial charge in [0, 0.05) is 84.8 Å². The summed E-state index contributed by atoms with van der Waals surface area (Å²) in [6.07, 6.45) is 13.1. The van der Waals surface area contributed by atoms with Gasteiger partial charge in [0.2, 0.25) is 0 Å². The van der Waals surface area contributed by atoms with Crippen LogP contribution in [0.25, 0.3) is 27.8 Å². The maximum absolute atomic E-state index is 13.3. The van der Waals surface area contributed by atoms with Gasteiger partial charge in [-0.1, -0.05) is 11.8 Å². The maximum Gasteiger partial charge on any atom is 0.142 e. The first kappa shape index (κ1) is 24.0. The van der Waals surface area contributed by atoms with Crippen molar-refractivity contribution < 1.29 is 4.39 Å². The number of fused-ring (bicyclic) bond motifs is 3. The van der Waals surface area contributed by atoms with E-state index in [-0.39, 0.29) is 5.82 Å². The quantitative estimate of drug-likeness (QED) is 0.329. The first-order valence-electron chi connectivity index (χ1n) is 13.0. The highest BCUT2D eigenvalue weighted by atomic mass is 19.1. The number of rotatable bonds is 4. The molecule has 0 saturated carbocycles. The number of pyridine rings is 3. The van der Waals surface area contributed by atoms with Crippen LogP contribution in [0.1, 0.15) is 17.5 Å². The monoisotopic (exact) mass is 529 g/mol. The van der Waals surface area contributed by atoms with E-state index in [9.17, 15) is 9.65 Å². The number of aryl methyl sites for hydroxylation is 1. The summed E-state index contributed by atoms with van der Waals surface area (Å²) in [5.74, 6) is 6.76. The van der Waals surface area contributed by atoms with E-state index in [0.717, 1.165) is 53.1 Å². The van der Waals surface area contributed by atoms with Crippen LogP contribution in [0.3, 0.4) is 0 Å². The molecule has 3 saturated heterocycles. The molecule has 0 N–H and O–H groups in total. The van der Waals surface area contributed by atoms with Gasteiger partial charge in [-0.15, -0.1) is 0 Å². The second-order valence-corrected chi connectivity index (χ2v) is 10.2. The molecule has 0 spiro atoms. The van der Waals surface area contributed by atoms with Crippen LogP contribution in [0, 0.1) is 29.0 Å². The van der Waals surface area contributed by atoms with Gasteiger partial charge < -0.3 is 4.90 Å². The summed E-state index contributed by atoms with van der Waals surface area (Å²) in [5, 5.41) is 18.4. The summed E-state index contributed by atoms with van der Waals surface area (Å²) in [6, 6.07) is 10.7. The summed E-state index contributed by atoms with van der Waals surface area (Å²) in [6.45, 7) is 2.42. The molecule has 8 heterocycles. The lowest BCUT2D eigenvalue weighted by molar-refractivity contribution is 0.0125. The van der Waals surface area contributed by atoms with E-state index in [1.165, 1.54) is 12.3 Å². The Kier molecular flexibility index (Phi) is 5.76. The molecule has 2 unspecified atom stereocenters. The van der Waals surface area contributed by atoms with E-state index in [0.29, 0.717) is 29.8 Å². The van der Waals surface area contributed by atoms with E-state index in [4.69, 9.17) is 4.98 Å². The first-order valence-corrected chi connectivity index (χ1v) is 13.0. The van der Waals surface area contributed by atoms with Gasteiger partial charge in [0.25, 0.3) is 0 Å². The van der Waals surface area contributed by atoms with Gasteiger partial charge >= 0.3 is 0 Å². The fourth-order valence-corrected chi connectivity index (χ4v) is 5.73. The molecule has 196 valence electrons. The zero-order valence-electron chi connectivity index (χ0n) is 21.7. The van der Waals surface area contributed by atoms with Crippen LogP contribution in [0.2, 0.25) is 0 Å². The second kappa shape index (κ2) is 9.60. The van der Waals surface area contributed by atoms with E-state index in [1.54, 1.807) is 21.6 Å². The second-order valence-electron chi connectivity index (χ2n) is 10.2. The number of nitriles is 1. The van der Waals surface area contributed by atoms with Crippen LogP contribution in [-0.4, -0.2) is 66.0 Å². The molecule has 0 aliphatic carbocycles. The van der Waals surface area contributed by atoms with Crippen LogP contribution >= 0.6 is 0 Å². The summed E-state index contributed by atoms with van der Waals surface area (Å²) in [5.41, 5.74) is 5.62. The topological polar surface area (TPSA) is 91.2 Å². The molecule has 2 atom stereocenters. The molecule has 2 bridgehead atoms. The summed E-state index contributed by atoms with van der Waals surface area (Å²) in [7, 11) is 1.88. The smallest absolute Gasteiger partial charge is 0.142 e. The predicted molar refractivity (Wildman–Crippen MR) is 148 cm³/mol. The number of hydrogen-bond donors (Lipinski definition) is 0. The molecule has 5 aromatic heterocycles. The van der Waals surface area contributed by atoms with E-state index in [1.807, 2.05) is 31.8 Å². The number of anilines is 1. The van der Waals surface area contributed by atoms with E-state index < -0.39 is 0 Å². The Balaban J connectivity index is 1.10. The Labute approximate surface area is 230 Å². The van der Waals surface area contributed by atoms with Gasteiger partial charge in [0.15, 0.2) is 0 Å². The Morgan fingerprint density at radius 3 is 2.58 bits per heavy atom. The number of halogens is 1. The van der Waals surface area contributed by atoms with Gasteiger partial charge in [0.1, 0.15) is 17.7 Å². The van der Waals surface area contributed by atoms with Crippen molar-refractivity contribution in [1.82, 2.24) is 34.3 Å². The minimum atomic E-state index is -0.372. The SMILES string of the molecule is Cn1cc(-c2cc(-c3ccc(N4CC5CC(C4)N5CC#Cc4cncc(F)c4)nc3)c3c(C#N)cnn3c2)cn1. The van der Waals surface area contributed by atoms with E-state index >= 15 is 0 Å². The minimum absolute atomic E-state index is 0.372. The zero-order valence-corrected chi connectivity index (χ0v) is 21.7. The van der Waals surface area contributed by atoms with Crippen LogP contribution in [0.5, 0.6) is 0 Å². The van der Waals surface area contributed by atoms with Crippen LogP contribution < -0.4 is 4.90 Å². The number of aromatic nitrogens is 6. The lowest BCUT2D eigenvalue weighted by Gasteiger charge is -2.56. The molecule has 40 heavy (non-hydrogen) atoms. The van der Waals surface area contributed by atoms with Gasteiger partial charge in [-0.05, 0) is 30.7 Å². The third-order valence-corrected chi connectivity index (χ3v) is 7.70. The predicted octanol–water partition coefficient (Wildman–Crippen LogP) is 3.52. The standard InChI is InChI=1S/C30H24FN9/c1-37-16-24(14-35-37)22-8-28(30-23(10-32)13-36-40(30)17-22)21-4-5-29(34-12-21)38-18-26-9-27(19-38)39(26)6-2-3-20-7-25(31)15-33-11-20/h4-5,7-8,11-17,26-27H,6,9,18-19H2,1H3. The Bertz CT molecular complexity index is 1830. The molecule has 3 aliphatic rings. The van der Waals surface area contributed by atoms with Crippen LogP contribution in [0.4, 0.5) is 10.2 Å². The van der Waals surface area contributed by atoms with Crippen LogP contribution in [-0.2, 0) is 7.05 Å². The van der Waals surface area contributed by atoms with Crippen molar-refractivity contribution in [3.05, 3.63) is 84.6 Å². The fourth-order valence-electron chi connectivity index (χ4n) is 5.73. The van der Waals surface area contributed by atoms with Crippen molar-refractivity contribution in [3.8, 4) is 40.2 Å². The summed E-state index contributed by atoms with van der Waals surface area (Å²) >= 11 is 0. The highest BCUT2D eigenvalue weighted by Gasteiger charge is 2.44. The fraction of sp³-hybridized carbons (Fsp3) is 0.233. The molecule has 8 rings (SSSR count). The van der Waals surface area contributed by atoms with Gasteiger partial charge in [-0.3, -0.25) is 14.6 Å². The molecule has 3 fully saturated rings. The third-order valence-electron chi connectivity index (χ3n) is 7.70. The van der Waals surface area contributed by atoms with Crippen molar-refractivity contribution in [3.63, 3.8) is 0 Å². The van der Waals surface area contributed by atoms with Crippen molar-refractivity contribution in [2.75, 3.05) is 24.5 Å². The summed E-state index contributed by atoms with van der Waals surface area (Å²) in [4.78, 5) is 13.4. The normalized spacial score (nSPS) is 18.2. The molecule has 10 heteroatoms. The van der Waals surface area contributed by atoms with Crippen molar-refractivity contribution >= 4 is 11.3 Å². The molecule has 0 aromatic carbocycles. The van der Waals surface area contributed by atoms with Crippen LogP contribution in [0.15, 0.2) is 67.6 Å². The lowest BCUT2D eigenvalue weighted by atomic mass is 9.87. The number of hydrogen-bond acceptors (Lipinski definition) is 7. The minimum Gasteiger partial charge on any atom is -0.353 e. The highest BCUT2D eigenvalue weighted by Crippen LogP contribution is 2.35. The lowest BCUT2D eigenvalue weighted by Crippen LogP contribution is -2.68. The number of piperidine rings is 1. The largest absolute Gasteiger partial charge is 0.353 e. The van der Waals surface area contributed by atoms with E-state index in [2.05, 4.69) is 61.1 Å². The third kappa shape index (κ3) is 4.25. The number of piperazine rings is 1. The Morgan fingerprint density at radius 2 is 1.85 bits per heavy atom. The summed E-state index contributed by atoms with van der Waals surface area (Å²) < 4.78 is 16.9. The maximum atomic E-state index is 13.3. The van der Waals surface area contributed by atoms with Gasteiger partial charge in [-0.25, -0.2) is 13.9 Å². The van der Waals surface area contributed by atoms with Crippen molar-refractivity contribution in [2.24, 2.45) is 7.05 Å². The average molecular weight is 530 g/mol. The molecule has 5 aromatic rings. The molecule has 3 aliphatic heterocycles. The number of nitrogens with zero attached hydrogens (tertiary/aromatic N) is 9. The molecular formula is C30H24FN9. The average Bonchev–Trinajstić information content (AvgIpc) is 3.61. The van der Waals surface area contributed by atoms with Crippen molar-refractivity contribution in [2.45, 2.75) is 18.5 Å². The Morgan fingerprint density at radius 1 is 0.975 bits per heavy atom. The zero-order chi connectivity index (χ0) is 27.2. The first-order chi connectivity index (χ1) is 19.6. The van der Waals surface area contributed by atoms with Crippen molar-refractivity contribution in [1.29, 1.82) is 5.26 Å². The van der Waals surface area contributed by atoms with Gasteiger partial charge in [-0.2, -0.15) is 15.5 Å². The Hall–Kier alpha value is -5.06. The van der Waals surface area contributed by atoms with Gasteiger partial charge in [0.05, 0.1) is 36.2 Å². The molecule has 9 nitrogen and oxygen atoms in total. The molecule has 0 radical (unpaired) electrons. The molecular weight excluding hydrogens is 505 g/mol. The molecule has 0 amide bonds. The highest BCUT2D eigenvalue weighted by molar-refractivity contribution is 5.87.